The molecule has 0 aromatic rings. The summed E-state index contributed by atoms with van der Waals surface area (Å²) in [5.74, 6) is -0.129. The minimum absolute atomic E-state index is 0.0167. The summed E-state index contributed by atoms with van der Waals surface area (Å²) in [4.78, 5) is 43.7. The lowest BCUT2D eigenvalue weighted by Gasteiger charge is -2.39. The van der Waals surface area contributed by atoms with Gasteiger partial charge in [-0.2, -0.15) is 0 Å². The summed E-state index contributed by atoms with van der Waals surface area (Å²) in [7, 11) is 0. The number of hydrogen-bond acceptors (Lipinski definition) is 6. The minimum atomic E-state index is -1.28. The summed E-state index contributed by atoms with van der Waals surface area (Å²) >= 11 is 0. The van der Waals surface area contributed by atoms with Gasteiger partial charge in [0.15, 0.2) is 0 Å². The molecule has 230 valence electrons. The van der Waals surface area contributed by atoms with E-state index in [-0.39, 0.29) is 49.3 Å². The molecule has 9 atom stereocenters. The van der Waals surface area contributed by atoms with Gasteiger partial charge in [0.25, 0.3) is 5.91 Å². The molecule has 11 heteroatoms. The zero-order valence-corrected chi connectivity index (χ0v) is 24.3. The molecule has 2 heterocycles. The third-order valence-corrected chi connectivity index (χ3v) is 11.4. The Bertz CT molecular complexity index is 1020. The van der Waals surface area contributed by atoms with Crippen LogP contribution in [0.3, 0.4) is 0 Å². The molecule has 0 aromatic carbocycles. The van der Waals surface area contributed by atoms with E-state index in [0.29, 0.717) is 56.5 Å². The van der Waals surface area contributed by atoms with E-state index in [9.17, 15) is 23.9 Å². The number of hydrogen-bond donors (Lipinski definition) is 3. The van der Waals surface area contributed by atoms with Crippen LogP contribution in [0, 0.1) is 35.5 Å². The average Bonchev–Trinajstić information content (AvgIpc) is 3.57. The molecule has 2 saturated heterocycles. The largest absolute Gasteiger partial charge is 0.395 e. The zero-order chi connectivity index (χ0) is 28.9. The van der Waals surface area contributed by atoms with E-state index in [1.54, 1.807) is 4.90 Å². The molecule has 6 fully saturated rings. The first kappa shape index (κ1) is 29.2. The van der Waals surface area contributed by atoms with Crippen molar-refractivity contribution >= 4 is 17.8 Å². The molecule has 0 radical (unpaired) electrons. The molecule has 1 spiro atoms. The van der Waals surface area contributed by atoms with E-state index in [1.807, 2.05) is 11.9 Å². The number of amides is 4. The van der Waals surface area contributed by atoms with Crippen LogP contribution in [0.25, 0.3) is 0 Å². The highest BCUT2D eigenvalue weighted by Gasteiger charge is 2.65. The van der Waals surface area contributed by atoms with Crippen molar-refractivity contribution in [1.29, 1.82) is 0 Å². The highest BCUT2D eigenvalue weighted by molar-refractivity contribution is 6.09. The maximum atomic E-state index is 15.6. The van der Waals surface area contributed by atoms with Crippen LogP contribution in [0.4, 0.5) is 13.6 Å². The Kier molecular flexibility index (Phi) is 8.33. The van der Waals surface area contributed by atoms with E-state index in [0.717, 1.165) is 50.1 Å². The number of β-amino-alcohol motifs (C(OH)–C–C–N with tert-alkyl or cyclic N) is 1. The number of nitrogens with zero attached hydrogens (tertiary/aromatic N) is 3. The quantitative estimate of drug-likeness (QED) is 0.363. The second-order valence-electron chi connectivity index (χ2n) is 13.9. The predicted molar refractivity (Wildman–Crippen MR) is 148 cm³/mol. The molecule has 4 aliphatic carbocycles. The van der Waals surface area contributed by atoms with E-state index in [2.05, 4.69) is 10.7 Å². The van der Waals surface area contributed by atoms with Gasteiger partial charge >= 0.3 is 6.03 Å². The van der Waals surface area contributed by atoms with Crippen molar-refractivity contribution in [3.63, 3.8) is 0 Å². The lowest BCUT2D eigenvalue weighted by molar-refractivity contribution is -0.142. The molecule has 6 aliphatic rings. The Balaban J connectivity index is 1.12. The summed E-state index contributed by atoms with van der Waals surface area (Å²) in [5, 5.41) is 14.2. The lowest BCUT2D eigenvalue weighted by Crippen LogP contribution is -2.53. The van der Waals surface area contributed by atoms with Gasteiger partial charge in [0.05, 0.1) is 6.61 Å². The highest BCUT2D eigenvalue weighted by atomic mass is 19.1. The first-order valence-corrected chi connectivity index (χ1v) is 16.0. The fraction of sp³-hybridized carbons (Fsp3) is 0.900. The summed E-state index contributed by atoms with van der Waals surface area (Å²) in [6.07, 6.45) is 4.96. The van der Waals surface area contributed by atoms with Crippen LogP contribution >= 0.6 is 0 Å². The number of hydrazine groups is 1. The van der Waals surface area contributed by atoms with Gasteiger partial charge < -0.3 is 15.3 Å². The van der Waals surface area contributed by atoms with Crippen LogP contribution in [0.1, 0.15) is 71.1 Å². The Hall–Kier alpha value is -1.85. The number of halogens is 2. The first-order chi connectivity index (χ1) is 19.7. The second kappa shape index (κ2) is 11.7. The van der Waals surface area contributed by atoms with Crippen LogP contribution < -0.4 is 10.7 Å². The van der Waals surface area contributed by atoms with E-state index < -0.39 is 29.8 Å². The molecule has 2 aliphatic heterocycles. The Morgan fingerprint density at radius 1 is 1.12 bits per heavy atom. The summed E-state index contributed by atoms with van der Waals surface area (Å²) in [5.41, 5.74) is 2.05. The maximum absolute atomic E-state index is 15.6. The fourth-order valence-corrected chi connectivity index (χ4v) is 8.96. The van der Waals surface area contributed by atoms with Gasteiger partial charge in [0, 0.05) is 38.6 Å². The number of imide groups is 1. The minimum Gasteiger partial charge on any atom is -0.395 e. The number of nitrogens with one attached hydrogen (secondary N) is 2. The Labute approximate surface area is 241 Å². The maximum Gasteiger partial charge on any atom is 0.325 e. The third kappa shape index (κ3) is 5.62. The number of aliphatic hydroxyl groups is 1. The second-order valence-corrected chi connectivity index (χ2v) is 13.9. The normalized spacial score (nSPS) is 40.2. The van der Waals surface area contributed by atoms with Crippen LogP contribution in [-0.2, 0) is 9.59 Å². The van der Waals surface area contributed by atoms with E-state index in [1.165, 1.54) is 0 Å². The van der Waals surface area contributed by atoms with Gasteiger partial charge in [0.1, 0.15) is 24.4 Å². The topological polar surface area (TPSA) is 105 Å². The van der Waals surface area contributed by atoms with Crippen molar-refractivity contribution in [2.45, 2.75) is 95.1 Å². The number of fused-ring (bicyclic) bond motifs is 2. The number of carbonyl (C=O) groups excluding carboxylic acids is 3. The zero-order valence-electron chi connectivity index (χ0n) is 24.3. The van der Waals surface area contributed by atoms with E-state index in [4.69, 9.17) is 0 Å². The summed E-state index contributed by atoms with van der Waals surface area (Å²) < 4.78 is 29.8. The third-order valence-electron chi connectivity index (χ3n) is 11.4. The molecule has 6 unspecified atom stereocenters. The smallest absolute Gasteiger partial charge is 0.325 e. The van der Waals surface area contributed by atoms with Crippen molar-refractivity contribution in [1.82, 2.24) is 25.6 Å². The average molecular weight is 580 g/mol. The molecule has 6 rings (SSSR count). The van der Waals surface area contributed by atoms with Gasteiger partial charge in [-0.15, -0.1) is 0 Å². The van der Waals surface area contributed by atoms with Crippen molar-refractivity contribution in [3.8, 4) is 0 Å². The molecule has 4 amide bonds. The molecule has 0 aromatic heterocycles. The lowest BCUT2D eigenvalue weighted by atomic mass is 9.67. The van der Waals surface area contributed by atoms with Crippen LogP contribution in [0.5, 0.6) is 0 Å². The standard InChI is InChI=1S/C30H47F2N5O4/c1-18(20-5-6-20)36(15-19-3-2-4-23(31)11-19)27(39)17-37-28(40)30(34-29(37)41)13-26(32)24-12-21(7-8-25(24)30)22-14-33-35(16-22)9-10-38/h18-26,33,38H,2-17H2,1H3,(H,34,41)/t18-,19?,21?,22?,23?,24?,25?,26+,30-/m0/s1. The summed E-state index contributed by atoms with van der Waals surface area (Å²) in [6, 6.07) is -0.615. The predicted octanol–water partition coefficient (Wildman–Crippen LogP) is 2.64. The van der Waals surface area contributed by atoms with Gasteiger partial charge in [0.2, 0.25) is 5.91 Å². The van der Waals surface area contributed by atoms with Gasteiger partial charge in [-0.3, -0.25) is 19.9 Å². The highest BCUT2D eigenvalue weighted by Crippen LogP contribution is 2.54. The molecule has 4 saturated carbocycles. The molecule has 0 bridgehead atoms. The van der Waals surface area contributed by atoms with Gasteiger partial charge in [-0.05, 0) is 93.8 Å². The van der Waals surface area contributed by atoms with Crippen molar-refractivity contribution in [3.05, 3.63) is 0 Å². The number of aliphatic hydroxyl groups excluding tert-OH is 1. The number of urea groups is 1. The first-order valence-electron chi connectivity index (χ1n) is 16.0. The Morgan fingerprint density at radius 3 is 2.66 bits per heavy atom. The molecule has 9 nitrogen and oxygen atoms in total. The van der Waals surface area contributed by atoms with Crippen LogP contribution in [0.2, 0.25) is 0 Å². The number of carbonyl (C=O) groups is 3. The SMILES string of the molecule is C[C@@H](C1CC1)N(CC1CCCC(F)C1)C(=O)CN1C(=O)N[C@]2(C[C@@H](F)C3CC(C4CNN(CCO)C4)CCC32)C1=O. The van der Waals surface area contributed by atoms with Gasteiger partial charge in [-0.1, -0.05) is 6.42 Å². The van der Waals surface area contributed by atoms with Crippen molar-refractivity contribution in [2.24, 2.45) is 35.5 Å². The fourth-order valence-electron chi connectivity index (χ4n) is 8.96. The monoisotopic (exact) mass is 579 g/mol. The van der Waals surface area contributed by atoms with Crippen molar-refractivity contribution < 1.29 is 28.3 Å². The molecule has 41 heavy (non-hydrogen) atoms. The number of alkyl halides is 2. The summed E-state index contributed by atoms with van der Waals surface area (Å²) in [6.45, 7) is 4.40. The van der Waals surface area contributed by atoms with Crippen molar-refractivity contribution in [2.75, 3.05) is 39.3 Å². The van der Waals surface area contributed by atoms with E-state index >= 15 is 4.39 Å². The molecule has 3 N–H and O–H groups in total. The Morgan fingerprint density at radius 2 is 1.93 bits per heavy atom. The van der Waals surface area contributed by atoms with Crippen LogP contribution in [-0.4, -0.2) is 101 Å². The number of rotatable bonds is 9. The molecular weight excluding hydrogens is 532 g/mol. The van der Waals surface area contributed by atoms with Crippen LogP contribution in [0.15, 0.2) is 0 Å². The molecular formula is C30H47F2N5O4. The van der Waals surface area contributed by atoms with Gasteiger partial charge in [-0.25, -0.2) is 18.6 Å².